The van der Waals surface area contributed by atoms with Crippen molar-refractivity contribution in [3.63, 3.8) is 0 Å². The molecule has 1 heterocycles. The van der Waals surface area contributed by atoms with E-state index in [1.807, 2.05) is 0 Å². The maximum Gasteiger partial charge on any atom is 0.416 e. The average Bonchev–Trinajstić information content (AvgIpc) is 2.93. The van der Waals surface area contributed by atoms with Gasteiger partial charge in [0.2, 0.25) is 5.75 Å². The minimum atomic E-state index is -4.78. The summed E-state index contributed by atoms with van der Waals surface area (Å²) in [5.41, 5.74) is -0.129. The van der Waals surface area contributed by atoms with Crippen LogP contribution in [-0.4, -0.2) is 23.1 Å². The van der Waals surface area contributed by atoms with E-state index in [1.165, 1.54) is 0 Å². The van der Waals surface area contributed by atoms with Gasteiger partial charge >= 0.3 is 11.9 Å². The van der Waals surface area contributed by atoms with E-state index < -0.39 is 34.0 Å². The van der Waals surface area contributed by atoms with Crippen molar-refractivity contribution < 1.29 is 41.9 Å². The number of halogens is 3. The van der Waals surface area contributed by atoms with Gasteiger partial charge < -0.3 is 14.2 Å². The Bertz CT molecular complexity index is 1510. The highest BCUT2D eigenvalue weighted by molar-refractivity contribution is 6.05. The van der Waals surface area contributed by atoms with Gasteiger partial charge in [-0.1, -0.05) is 12.1 Å². The molecule has 2 aromatic rings. The second-order valence-electron chi connectivity index (χ2n) is 10.2. The number of hydrogen-bond acceptors (Lipinski definition) is 7. The number of ether oxygens (including phenoxy) is 3. The Kier molecular flexibility index (Phi) is 7.94. The zero-order valence-corrected chi connectivity index (χ0v) is 22.8. The average molecular weight is 584 g/mol. The lowest BCUT2D eigenvalue weighted by molar-refractivity contribution is -0.385. The number of rotatable bonds is 8. The van der Waals surface area contributed by atoms with E-state index in [1.54, 1.807) is 25.1 Å². The topological polar surface area (TPSA) is 105 Å². The Balaban J connectivity index is 1.68. The first kappa shape index (κ1) is 29.1. The quantitative estimate of drug-likeness (QED) is 0.178. The Morgan fingerprint density at radius 3 is 2.21 bits per heavy atom. The molecule has 0 aromatic heterocycles. The standard InChI is InChI=1S/C31H28F3NO7/c1-3-7-17-14-18(27-28-21(36)8-5-10-24(28)41-25-11-6-9-22(37)29(25)27)15-26(40-4-2)30(17)42-23-13-12-19(31(32,33)34)16-20(23)35(38)39/h3,12-16,27H,1,4-11H2,2H3. The predicted molar refractivity (Wildman–Crippen MR) is 145 cm³/mol. The summed E-state index contributed by atoms with van der Waals surface area (Å²) in [7, 11) is 0. The van der Waals surface area contributed by atoms with Gasteiger partial charge in [-0.2, -0.15) is 13.2 Å². The fourth-order valence-electron chi connectivity index (χ4n) is 5.72. The lowest BCUT2D eigenvalue weighted by Crippen LogP contribution is -2.30. The molecule has 220 valence electrons. The summed E-state index contributed by atoms with van der Waals surface area (Å²) in [6.07, 6.45) is 0.0569. The van der Waals surface area contributed by atoms with Crippen molar-refractivity contribution in [2.75, 3.05) is 6.61 Å². The van der Waals surface area contributed by atoms with Crippen molar-refractivity contribution in [1.29, 1.82) is 0 Å². The Morgan fingerprint density at radius 1 is 1.02 bits per heavy atom. The third kappa shape index (κ3) is 5.43. The van der Waals surface area contributed by atoms with E-state index in [4.69, 9.17) is 14.2 Å². The largest absolute Gasteiger partial charge is 0.490 e. The van der Waals surface area contributed by atoms with Crippen LogP contribution in [0.15, 0.2) is 65.7 Å². The predicted octanol–water partition coefficient (Wildman–Crippen LogP) is 7.66. The first-order chi connectivity index (χ1) is 20.0. The first-order valence-electron chi connectivity index (χ1n) is 13.7. The molecule has 0 amide bonds. The minimum Gasteiger partial charge on any atom is -0.490 e. The highest BCUT2D eigenvalue weighted by Gasteiger charge is 2.42. The first-order valence-corrected chi connectivity index (χ1v) is 13.7. The molecule has 0 saturated carbocycles. The lowest BCUT2D eigenvalue weighted by atomic mass is 9.73. The molecule has 0 atom stereocenters. The Labute approximate surface area is 239 Å². The van der Waals surface area contributed by atoms with Crippen molar-refractivity contribution >= 4 is 17.3 Å². The zero-order valence-electron chi connectivity index (χ0n) is 22.8. The van der Waals surface area contributed by atoms with Crippen molar-refractivity contribution in [3.8, 4) is 17.2 Å². The fraction of sp³-hybridized carbons (Fsp3) is 0.355. The molecule has 0 N–H and O–H groups in total. The van der Waals surface area contributed by atoms with Gasteiger partial charge in [0.1, 0.15) is 11.5 Å². The third-order valence-electron chi connectivity index (χ3n) is 7.49. The summed E-state index contributed by atoms with van der Waals surface area (Å²) >= 11 is 0. The van der Waals surface area contributed by atoms with Gasteiger partial charge in [0, 0.05) is 54.4 Å². The molecule has 8 nitrogen and oxygen atoms in total. The maximum atomic E-state index is 13.3. The van der Waals surface area contributed by atoms with Crippen molar-refractivity contribution in [2.45, 2.75) is 64.0 Å². The molecule has 11 heteroatoms. The number of benzene rings is 2. The van der Waals surface area contributed by atoms with Crippen LogP contribution < -0.4 is 9.47 Å². The molecule has 0 fully saturated rings. The second kappa shape index (κ2) is 11.5. The summed E-state index contributed by atoms with van der Waals surface area (Å²) < 4.78 is 57.8. The van der Waals surface area contributed by atoms with Crippen LogP contribution in [0.1, 0.15) is 68.1 Å². The number of hydrogen-bond donors (Lipinski definition) is 0. The number of ketones is 2. The van der Waals surface area contributed by atoms with Gasteiger partial charge in [0.05, 0.1) is 17.1 Å². The number of nitrogens with zero attached hydrogens (tertiary/aromatic N) is 1. The molecule has 2 aromatic carbocycles. The molecule has 0 bridgehead atoms. The number of alkyl halides is 3. The molecule has 1 aliphatic heterocycles. The van der Waals surface area contributed by atoms with Gasteiger partial charge in [-0.25, -0.2) is 0 Å². The Hall–Kier alpha value is -4.41. The molecule has 0 spiro atoms. The van der Waals surface area contributed by atoms with E-state index in [0.29, 0.717) is 84.4 Å². The molecule has 2 aliphatic carbocycles. The van der Waals surface area contributed by atoms with E-state index >= 15 is 0 Å². The normalized spacial score (nSPS) is 17.4. The third-order valence-corrected chi connectivity index (χ3v) is 7.49. The summed E-state index contributed by atoms with van der Waals surface area (Å²) in [4.78, 5) is 37.3. The summed E-state index contributed by atoms with van der Waals surface area (Å²) in [5.74, 6) is 0.0409. The summed E-state index contributed by atoms with van der Waals surface area (Å²) in [5, 5.41) is 11.7. The van der Waals surface area contributed by atoms with Crippen LogP contribution in [0.5, 0.6) is 17.2 Å². The zero-order chi connectivity index (χ0) is 30.2. The molecule has 3 aliphatic rings. The van der Waals surface area contributed by atoms with Crippen LogP contribution in [0.3, 0.4) is 0 Å². The van der Waals surface area contributed by atoms with Crippen molar-refractivity contribution in [3.05, 3.63) is 92.5 Å². The van der Waals surface area contributed by atoms with Crippen LogP contribution in [0.4, 0.5) is 18.9 Å². The highest BCUT2D eigenvalue weighted by Crippen LogP contribution is 2.50. The van der Waals surface area contributed by atoms with Gasteiger partial charge in [-0.3, -0.25) is 19.7 Å². The van der Waals surface area contributed by atoms with Crippen LogP contribution in [0.25, 0.3) is 0 Å². The molecular weight excluding hydrogens is 555 g/mol. The summed E-state index contributed by atoms with van der Waals surface area (Å²) in [6.45, 7) is 5.67. The SMILES string of the molecule is C=CCc1cc(C2C3=C(CCCC3=O)OC3=C2C(=O)CCC3)cc(OCC)c1Oc1ccc(C(F)(F)F)cc1[N+](=O)[O-]. The number of nitro groups is 1. The van der Waals surface area contributed by atoms with Crippen LogP contribution in [0.2, 0.25) is 0 Å². The smallest absolute Gasteiger partial charge is 0.416 e. The van der Waals surface area contributed by atoms with Crippen molar-refractivity contribution in [1.82, 2.24) is 0 Å². The lowest BCUT2D eigenvalue weighted by Gasteiger charge is -2.36. The minimum absolute atomic E-state index is 0.0590. The van der Waals surface area contributed by atoms with E-state index in [0.717, 1.165) is 6.07 Å². The van der Waals surface area contributed by atoms with E-state index in [2.05, 4.69) is 6.58 Å². The van der Waals surface area contributed by atoms with Gasteiger partial charge in [-0.15, -0.1) is 6.58 Å². The number of Topliss-reactive ketones (excluding diaryl/α,β-unsaturated/α-hetero) is 2. The number of nitro benzene ring substituents is 1. The van der Waals surface area contributed by atoms with Gasteiger partial charge in [-0.05, 0) is 49.9 Å². The highest BCUT2D eigenvalue weighted by atomic mass is 19.4. The summed E-state index contributed by atoms with van der Waals surface area (Å²) in [6, 6.07) is 5.37. The molecular formula is C31H28F3NO7. The molecule has 42 heavy (non-hydrogen) atoms. The van der Waals surface area contributed by atoms with Crippen LogP contribution >= 0.6 is 0 Å². The molecule has 5 rings (SSSR count). The number of allylic oxidation sites excluding steroid dienone is 5. The number of carbonyl (C=O) groups is 2. The van der Waals surface area contributed by atoms with Gasteiger partial charge in [0.25, 0.3) is 0 Å². The van der Waals surface area contributed by atoms with Crippen LogP contribution in [0, 0.1) is 10.1 Å². The maximum absolute atomic E-state index is 13.3. The molecule has 0 unspecified atom stereocenters. The second-order valence-corrected chi connectivity index (χ2v) is 10.2. The van der Waals surface area contributed by atoms with Crippen molar-refractivity contribution in [2.24, 2.45) is 0 Å². The number of carbonyl (C=O) groups excluding carboxylic acids is 2. The van der Waals surface area contributed by atoms with Crippen LogP contribution in [-0.2, 0) is 26.9 Å². The van der Waals surface area contributed by atoms with E-state index in [9.17, 15) is 32.9 Å². The Morgan fingerprint density at radius 2 is 1.67 bits per heavy atom. The monoisotopic (exact) mass is 583 g/mol. The fourth-order valence-corrected chi connectivity index (χ4v) is 5.72. The van der Waals surface area contributed by atoms with E-state index in [-0.39, 0.29) is 36.1 Å². The van der Waals surface area contributed by atoms with Gasteiger partial charge in [0.15, 0.2) is 23.1 Å². The molecule has 0 radical (unpaired) electrons. The molecule has 0 saturated heterocycles.